The summed E-state index contributed by atoms with van der Waals surface area (Å²) in [5.74, 6) is 0.162. The number of aldehydes is 1. The van der Waals surface area contributed by atoms with E-state index in [9.17, 15) is 4.79 Å². The molecule has 0 saturated heterocycles. The third-order valence-electron chi connectivity index (χ3n) is 2.58. The van der Waals surface area contributed by atoms with Crippen molar-refractivity contribution in [1.82, 2.24) is 0 Å². The van der Waals surface area contributed by atoms with Crippen LogP contribution in [0.25, 0.3) is 0 Å². The molecule has 0 bridgehead atoms. The molecule has 62 valence electrons. The molecular weight excluding hydrogens is 148 g/mol. The fourth-order valence-corrected chi connectivity index (χ4v) is 1.93. The molecule has 1 nitrogen and oxygen atoms in total. The van der Waals surface area contributed by atoms with E-state index in [0.29, 0.717) is 0 Å². The Hall–Kier alpha value is -1.11. The fourth-order valence-electron chi connectivity index (χ4n) is 1.93. The van der Waals surface area contributed by atoms with Gasteiger partial charge in [-0.05, 0) is 30.4 Å². The number of hydrogen-bond acceptors (Lipinski definition) is 1. The first-order chi connectivity index (χ1) is 5.92. The van der Waals surface area contributed by atoms with Crippen molar-refractivity contribution in [3.63, 3.8) is 0 Å². The molecule has 0 radical (unpaired) electrons. The van der Waals surface area contributed by atoms with Crippen molar-refractivity contribution in [3.8, 4) is 0 Å². The molecule has 1 aromatic rings. The number of rotatable bonds is 1. The van der Waals surface area contributed by atoms with Gasteiger partial charge in [-0.15, -0.1) is 0 Å². The minimum absolute atomic E-state index is 0.162. The average molecular weight is 160 g/mol. The van der Waals surface area contributed by atoms with Crippen molar-refractivity contribution in [2.24, 2.45) is 0 Å². The minimum Gasteiger partial charge on any atom is -0.303 e. The lowest BCUT2D eigenvalue weighted by Crippen LogP contribution is -2.10. The summed E-state index contributed by atoms with van der Waals surface area (Å²) in [7, 11) is 0. The normalized spacial score (nSPS) is 21.5. The first-order valence-electron chi connectivity index (χ1n) is 4.45. The van der Waals surface area contributed by atoms with Crippen molar-refractivity contribution in [2.75, 3.05) is 0 Å². The van der Waals surface area contributed by atoms with Gasteiger partial charge in [0.15, 0.2) is 0 Å². The third-order valence-corrected chi connectivity index (χ3v) is 2.58. The maximum Gasteiger partial charge on any atom is 0.127 e. The maximum atomic E-state index is 10.7. The van der Waals surface area contributed by atoms with E-state index >= 15 is 0 Å². The lowest BCUT2D eigenvalue weighted by Gasteiger charge is -2.20. The third kappa shape index (κ3) is 1.15. The van der Waals surface area contributed by atoms with E-state index in [4.69, 9.17) is 0 Å². The molecule has 0 saturated carbocycles. The van der Waals surface area contributed by atoms with Crippen LogP contribution < -0.4 is 0 Å². The Morgan fingerprint density at radius 2 is 2.17 bits per heavy atom. The fraction of sp³-hybridized carbons (Fsp3) is 0.364. The second-order valence-corrected chi connectivity index (χ2v) is 3.33. The highest BCUT2D eigenvalue weighted by molar-refractivity contribution is 5.63. The molecule has 0 N–H and O–H groups in total. The van der Waals surface area contributed by atoms with E-state index in [1.54, 1.807) is 0 Å². The average Bonchev–Trinajstić information content (AvgIpc) is 2.17. The lowest BCUT2D eigenvalue weighted by atomic mass is 9.84. The molecule has 1 aromatic carbocycles. The summed E-state index contributed by atoms with van der Waals surface area (Å²) >= 11 is 0. The van der Waals surface area contributed by atoms with Gasteiger partial charge in [0.25, 0.3) is 0 Å². The van der Waals surface area contributed by atoms with Crippen molar-refractivity contribution in [3.05, 3.63) is 35.4 Å². The summed E-state index contributed by atoms with van der Waals surface area (Å²) in [6, 6.07) is 8.27. The van der Waals surface area contributed by atoms with Gasteiger partial charge in [-0.3, -0.25) is 0 Å². The number of carbonyl (C=O) groups is 1. The van der Waals surface area contributed by atoms with Crippen LogP contribution in [0, 0.1) is 0 Å². The number of aryl methyl sites for hydroxylation is 1. The Kier molecular flexibility index (Phi) is 1.94. The van der Waals surface area contributed by atoms with Crippen LogP contribution >= 0.6 is 0 Å². The molecule has 12 heavy (non-hydrogen) atoms. The van der Waals surface area contributed by atoms with E-state index in [0.717, 1.165) is 25.5 Å². The van der Waals surface area contributed by atoms with Crippen LogP contribution in [0.15, 0.2) is 24.3 Å². The summed E-state index contributed by atoms with van der Waals surface area (Å²) in [6.07, 6.45) is 4.40. The molecule has 0 unspecified atom stereocenters. The molecule has 0 aliphatic heterocycles. The van der Waals surface area contributed by atoms with Gasteiger partial charge in [0.2, 0.25) is 0 Å². The van der Waals surface area contributed by atoms with Gasteiger partial charge in [0, 0.05) is 5.92 Å². The van der Waals surface area contributed by atoms with Gasteiger partial charge in [0.05, 0.1) is 0 Å². The Bertz CT molecular complexity index is 291. The first-order valence-corrected chi connectivity index (χ1v) is 4.45. The number of benzene rings is 1. The SMILES string of the molecule is O=C[C@H]1CCCc2ccccc21. The molecule has 0 heterocycles. The number of hydrogen-bond donors (Lipinski definition) is 0. The predicted molar refractivity (Wildman–Crippen MR) is 48.2 cm³/mol. The molecule has 0 fully saturated rings. The number of fused-ring (bicyclic) bond motifs is 1. The zero-order valence-electron chi connectivity index (χ0n) is 6.99. The van der Waals surface area contributed by atoms with Crippen LogP contribution in [-0.2, 0) is 11.2 Å². The highest BCUT2D eigenvalue weighted by Crippen LogP contribution is 2.29. The molecule has 1 aliphatic carbocycles. The van der Waals surface area contributed by atoms with Gasteiger partial charge in [-0.25, -0.2) is 0 Å². The topological polar surface area (TPSA) is 17.1 Å². The lowest BCUT2D eigenvalue weighted by molar-refractivity contribution is -0.109. The summed E-state index contributed by atoms with van der Waals surface area (Å²) in [6.45, 7) is 0. The van der Waals surface area contributed by atoms with Crippen LogP contribution in [-0.4, -0.2) is 6.29 Å². The number of carbonyl (C=O) groups excluding carboxylic acids is 1. The van der Waals surface area contributed by atoms with E-state index in [1.807, 2.05) is 12.1 Å². The van der Waals surface area contributed by atoms with Gasteiger partial charge in [-0.1, -0.05) is 24.3 Å². The van der Waals surface area contributed by atoms with Gasteiger partial charge >= 0.3 is 0 Å². The van der Waals surface area contributed by atoms with Crippen molar-refractivity contribution >= 4 is 6.29 Å². The Balaban J connectivity index is 2.43. The van der Waals surface area contributed by atoms with Gasteiger partial charge in [-0.2, -0.15) is 0 Å². The van der Waals surface area contributed by atoms with E-state index in [2.05, 4.69) is 12.1 Å². The van der Waals surface area contributed by atoms with Crippen molar-refractivity contribution < 1.29 is 4.79 Å². The van der Waals surface area contributed by atoms with Gasteiger partial charge < -0.3 is 4.79 Å². The molecule has 1 aliphatic rings. The van der Waals surface area contributed by atoms with Crippen molar-refractivity contribution in [1.29, 1.82) is 0 Å². The predicted octanol–water partition coefficient (Wildman–Crippen LogP) is 2.31. The van der Waals surface area contributed by atoms with Crippen LogP contribution in [0.2, 0.25) is 0 Å². The second kappa shape index (κ2) is 3.10. The van der Waals surface area contributed by atoms with E-state index in [1.165, 1.54) is 11.1 Å². The molecule has 2 rings (SSSR count). The Morgan fingerprint density at radius 1 is 1.33 bits per heavy atom. The van der Waals surface area contributed by atoms with Crippen LogP contribution in [0.3, 0.4) is 0 Å². The molecule has 0 aromatic heterocycles. The second-order valence-electron chi connectivity index (χ2n) is 3.33. The standard InChI is InChI=1S/C11H12O/c12-8-10-6-3-5-9-4-1-2-7-11(9)10/h1-2,4,7-8,10H,3,5-6H2/t10-/m1/s1. The van der Waals surface area contributed by atoms with E-state index in [-0.39, 0.29) is 5.92 Å². The molecular formula is C11H12O. The van der Waals surface area contributed by atoms with Gasteiger partial charge in [0.1, 0.15) is 6.29 Å². The zero-order chi connectivity index (χ0) is 8.39. The van der Waals surface area contributed by atoms with Crippen molar-refractivity contribution in [2.45, 2.75) is 25.2 Å². The highest BCUT2D eigenvalue weighted by atomic mass is 16.1. The quantitative estimate of drug-likeness (QED) is 0.576. The highest BCUT2D eigenvalue weighted by Gasteiger charge is 2.18. The smallest absolute Gasteiger partial charge is 0.127 e. The van der Waals surface area contributed by atoms with E-state index < -0.39 is 0 Å². The molecule has 1 heteroatoms. The summed E-state index contributed by atoms with van der Waals surface area (Å²) in [5, 5.41) is 0. The molecule has 1 atom stereocenters. The minimum atomic E-state index is 0.162. The van der Waals surface area contributed by atoms with Crippen LogP contribution in [0.1, 0.15) is 29.9 Å². The largest absolute Gasteiger partial charge is 0.303 e. The van der Waals surface area contributed by atoms with Crippen LogP contribution in [0.4, 0.5) is 0 Å². The van der Waals surface area contributed by atoms with Crippen LogP contribution in [0.5, 0.6) is 0 Å². The summed E-state index contributed by atoms with van der Waals surface area (Å²) in [4.78, 5) is 10.7. The molecule has 0 spiro atoms. The monoisotopic (exact) mass is 160 g/mol. The first kappa shape index (κ1) is 7.53. The Morgan fingerprint density at radius 3 is 3.00 bits per heavy atom. The Labute approximate surface area is 72.4 Å². The summed E-state index contributed by atoms with van der Waals surface area (Å²) < 4.78 is 0. The maximum absolute atomic E-state index is 10.7. The summed E-state index contributed by atoms with van der Waals surface area (Å²) in [5.41, 5.74) is 2.61. The zero-order valence-corrected chi connectivity index (χ0v) is 6.99. The molecule has 0 amide bonds.